The first-order valence-corrected chi connectivity index (χ1v) is 6.06. The van der Waals surface area contributed by atoms with Gasteiger partial charge in [-0.2, -0.15) is 0 Å². The van der Waals surface area contributed by atoms with Crippen LogP contribution in [0.15, 0.2) is 12.4 Å². The Labute approximate surface area is 103 Å². The maximum absolute atomic E-state index is 5.46. The summed E-state index contributed by atoms with van der Waals surface area (Å²) in [4.78, 5) is 4.29. The summed E-state index contributed by atoms with van der Waals surface area (Å²) < 4.78 is 12.7. The fraction of sp³-hybridized carbons (Fsp3) is 0.750. The van der Waals surface area contributed by atoms with E-state index in [0.29, 0.717) is 6.61 Å². The second kappa shape index (κ2) is 7.29. The maximum Gasteiger partial charge on any atom is 0.203 e. The Balaban J connectivity index is 2.51. The van der Waals surface area contributed by atoms with Crippen LogP contribution in [0.5, 0.6) is 0 Å². The number of imidazole rings is 1. The molecule has 1 N–H and O–H groups in total. The van der Waals surface area contributed by atoms with Crippen LogP contribution < -0.4 is 5.32 Å². The maximum atomic E-state index is 5.46. The Hall–Kier alpha value is -1.07. The molecule has 0 aliphatic carbocycles. The van der Waals surface area contributed by atoms with Gasteiger partial charge in [0.25, 0.3) is 0 Å². The van der Waals surface area contributed by atoms with Gasteiger partial charge in [-0.25, -0.2) is 4.98 Å². The number of hydrogen-bond donors (Lipinski definition) is 1. The number of hydrogen-bond acceptors (Lipinski definition) is 4. The van der Waals surface area contributed by atoms with Crippen LogP contribution in [-0.2, 0) is 9.47 Å². The first kappa shape index (κ1) is 14.0. The number of nitrogens with one attached hydrogen (secondary N) is 1. The van der Waals surface area contributed by atoms with Crippen molar-refractivity contribution in [2.45, 2.75) is 32.9 Å². The largest absolute Gasteiger partial charge is 0.383 e. The summed E-state index contributed by atoms with van der Waals surface area (Å²) in [6.07, 6.45) is 3.93. The molecular formula is C12H23N3O2. The minimum atomic E-state index is 0.183. The Morgan fingerprint density at radius 3 is 2.88 bits per heavy atom. The quantitative estimate of drug-likeness (QED) is 0.755. The Morgan fingerprint density at radius 2 is 2.24 bits per heavy atom. The van der Waals surface area contributed by atoms with Crippen molar-refractivity contribution in [1.82, 2.24) is 9.55 Å². The van der Waals surface area contributed by atoms with E-state index >= 15 is 0 Å². The topological polar surface area (TPSA) is 48.3 Å². The van der Waals surface area contributed by atoms with Crippen molar-refractivity contribution in [3.05, 3.63) is 12.4 Å². The lowest BCUT2D eigenvalue weighted by Gasteiger charge is -2.18. The van der Waals surface area contributed by atoms with Gasteiger partial charge in [0.1, 0.15) is 0 Å². The number of ether oxygens (including phenoxy) is 2. The average molecular weight is 241 g/mol. The van der Waals surface area contributed by atoms with E-state index in [0.717, 1.165) is 19.1 Å². The molecule has 1 aromatic heterocycles. The molecule has 0 amide bonds. The molecule has 5 heteroatoms. The van der Waals surface area contributed by atoms with Crippen molar-refractivity contribution in [3.8, 4) is 0 Å². The van der Waals surface area contributed by atoms with Crippen molar-refractivity contribution < 1.29 is 9.47 Å². The van der Waals surface area contributed by atoms with Crippen LogP contribution >= 0.6 is 0 Å². The lowest BCUT2D eigenvalue weighted by atomic mass is 10.3. The molecule has 1 rings (SSSR count). The highest BCUT2D eigenvalue weighted by molar-refractivity contribution is 5.26. The number of rotatable bonds is 8. The third-order valence-corrected chi connectivity index (χ3v) is 2.55. The molecule has 17 heavy (non-hydrogen) atoms. The lowest BCUT2D eigenvalue weighted by Crippen LogP contribution is -2.22. The van der Waals surface area contributed by atoms with Gasteiger partial charge in [-0.3, -0.25) is 0 Å². The summed E-state index contributed by atoms with van der Waals surface area (Å²) >= 11 is 0. The summed E-state index contributed by atoms with van der Waals surface area (Å²) in [5, 5.41) is 3.29. The van der Waals surface area contributed by atoms with Crippen LogP contribution in [0.3, 0.4) is 0 Å². The summed E-state index contributed by atoms with van der Waals surface area (Å²) in [5.74, 6) is 0.862. The zero-order valence-electron chi connectivity index (χ0n) is 11.1. The third-order valence-electron chi connectivity index (χ3n) is 2.55. The predicted octanol–water partition coefficient (Wildman–Crippen LogP) is 1.93. The van der Waals surface area contributed by atoms with Crippen molar-refractivity contribution >= 4 is 5.95 Å². The van der Waals surface area contributed by atoms with E-state index in [1.54, 1.807) is 13.3 Å². The molecular weight excluding hydrogens is 218 g/mol. The lowest BCUT2D eigenvalue weighted by molar-refractivity contribution is 0.0853. The molecule has 1 heterocycles. The van der Waals surface area contributed by atoms with Crippen LogP contribution in [0.4, 0.5) is 5.95 Å². The molecule has 5 nitrogen and oxygen atoms in total. The number of nitrogens with zero attached hydrogens (tertiary/aromatic N) is 2. The molecule has 0 radical (unpaired) electrons. The smallest absolute Gasteiger partial charge is 0.203 e. The summed E-state index contributed by atoms with van der Waals surface area (Å²) in [5.41, 5.74) is 0. The number of aromatic nitrogens is 2. The number of methoxy groups -OCH3 is 1. The standard InChI is InChI=1S/C12H23N3O2/c1-5-17-11(3)8-14-12-13-6-7-15(12)10(2)9-16-4/h6-7,10-11H,5,8-9H2,1-4H3,(H,13,14). The van der Waals surface area contributed by atoms with Gasteiger partial charge in [0.2, 0.25) is 5.95 Å². The highest BCUT2D eigenvalue weighted by Gasteiger charge is 2.10. The number of anilines is 1. The van der Waals surface area contributed by atoms with Crippen LogP contribution in [0.2, 0.25) is 0 Å². The zero-order valence-corrected chi connectivity index (χ0v) is 11.1. The SMILES string of the molecule is CCOC(C)CNc1nccn1C(C)COC. The molecule has 2 unspecified atom stereocenters. The molecule has 0 fully saturated rings. The Morgan fingerprint density at radius 1 is 1.47 bits per heavy atom. The molecule has 0 saturated carbocycles. The van der Waals surface area contributed by atoms with Crippen LogP contribution in [-0.4, -0.2) is 42.5 Å². The molecule has 0 aliphatic heterocycles. The molecule has 1 aromatic rings. The van der Waals surface area contributed by atoms with Crippen molar-refractivity contribution in [2.24, 2.45) is 0 Å². The van der Waals surface area contributed by atoms with Crippen molar-refractivity contribution in [3.63, 3.8) is 0 Å². The second-order valence-electron chi connectivity index (χ2n) is 4.11. The average Bonchev–Trinajstić information content (AvgIpc) is 2.75. The van der Waals surface area contributed by atoms with E-state index in [1.165, 1.54) is 0 Å². The molecule has 0 aromatic carbocycles. The van der Waals surface area contributed by atoms with Gasteiger partial charge in [0, 0.05) is 32.7 Å². The minimum Gasteiger partial charge on any atom is -0.383 e. The first-order chi connectivity index (χ1) is 8.19. The van der Waals surface area contributed by atoms with Gasteiger partial charge in [-0.15, -0.1) is 0 Å². The summed E-state index contributed by atoms with van der Waals surface area (Å²) in [6.45, 7) is 8.30. The Bertz CT molecular complexity index is 314. The van der Waals surface area contributed by atoms with E-state index in [2.05, 4.69) is 21.8 Å². The van der Waals surface area contributed by atoms with Gasteiger partial charge in [0.05, 0.1) is 18.8 Å². The highest BCUT2D eigenvalue weighted by Crippen LogP contribution is 2.13. The van der Waals surface area contributed by atoms with Gasteiger partial charge in [-0.05, 0) is 20.8 Å². The fourth-order valence-corrected chi connectivity index (χ4v) is 1.71. The van der Waals surface area contributed by atoms with E-state index in [4.69, 9.17) is 9.47 Å². The van der Waals surface area contributed by atoms with Crippen molar-refractivity contribution in [1.29, 1.82) is 0 Å². The minimum absolute atomic E-state index is 0.183. The summed E-state index contributed by atoms with van der Waals surface area (Å²) in [6, 6.07) is 0.271. The highest BCUT2D eigenvalue weighted by atomic mass is 16.5. The molecule has 0 aliphatic rings. The molecule has 0 bridgehead atoms. The van der Waals surface area contributed by atoms with Gasteiger partial charge in [-0.1, -0.05) is 0 Å². The van der Waals surface area contributed by atoms with E-state index in [9.17, 15) is 0 Å². The van der Waals surface area contributed by atoms with E-state index in [-0.39, 0.29) is 12.1 Å². The molecule has 0 saturated heterocycles. The Kier molecular flexibility index (Phi) is 6.00. The van der Waals surface area contributed by atoms with Gasteiger partial charge in [0.15, 0.2) is 0 Å². The second-order valence-corrected chi connectivity index (χ2v) is 4.11. The monoisotopic (exact) mass is 241 g/mol. The predicted molar refractivity (Wildman–Crippen MR) is 68.4 cm³/mol. The van der Waals surface area contributed by atoms with Crippen molar-refractivity contribution in [2.75, 3.05) is 32.2 Å². The molecule has 2 atom stereocenters. The molecule has 0 spiro atoms. The van der Waals surface area contributed by atoms with E-state index < -0.39 is 0 Å². The third kappa shape index (κ3) is 4.36. The summed E-state index contributed by atoms with van der Waals surface area (Å²) in [7, 11) is 1.71. The fourth-order valence-electron chi connectivity index (χ4n) is 1.71. The molecule has 98 valence electrons. The van der Waals surface area contributed by atoms with Crippen LogP contribution in [0.1, 0.15) is 26.8 Å². The first-order valence-electron chi connectivity index (χ1n) is 6.06. The van der Waals surface area contributed by atoms with E-state index in [1.807, 2.05) is 20.0 Å². The van der Waals surface area contributed by atoms with Crippen LogP contribution in [0, 0.1) is 0 Å². The van der Waals surface area contributed by atoms with Crippen LogP contribution in [0.25, 0.3) is 0 Å². The van der Waals surface area contributed by atoms with Gasteiger partial charge < -0.3 is 19.4 Å². The van der Waals surface area contributed by atoms with Gasteiger partial charge >= 0.3 is 0 Å². The normalized spacial score (nSPS) is 14.6. The zero-order chi connectivity index (χ0) is 12.7.